The van der Waals surface area contributed by atoms with Gasteiger partial charge in [-0.25, -0.2) is 9.53 Å². The Morgan fingerprint density at radius 1 is 1.55 bits per heavy atom. The lowest BCUT2D eigenvalue weighted by atomic mass is 10.7. The fourth-order valence-electron chi connectivity index (χ4n) is 0.519. The minimum absolute atomic E-state index is 0.529. The molecule has 0 aromatic rings. The van der Waals surface area contributed by atoms with Crippen LogP contribution in [0.4, 0.5) is 18.0 Å². The summed E-state index contributed by atoms with van der Waals surface area (Å²) in [5.74, 6) is 0. The first kappa shape index (κ1) is 8.12. The Bertz CT molecular complexity index is 165. The molecule has 0 N–H and O–H groups in total. The van der Waals surface area contributed by atoms with Gasteiger partial charge < -0.3 is 9.47 Å². The quantitative estimate of drug-likeness (QED) is 0.554. The first-order valence-electron chi connectivity index (χ1n) is 2.55. The molecule has 0 amide bonds. The Balaban J connectivity index is 2.34. The molecule has 1 atom stereocenters. The smallest absolute Gasteiger partial charge is 0.428 e. The van der Waals surface area contributed by atoms with Gasteiger partial charge in [-0.15, -0.1) is 13.2 Å². The van der Waals surface area contributed by atoms with Crippen molar-refractivity contribution in [3.8, 4) is 0 Å². The van der Waals surface area contributed by atoms with Gasteiger partial charge in [-0.05, 0) is 0 Å². The number of ether oxygens (including phenoxy) is 3. The summed E-state index contributed by atoms with van der Waals surface area (Å²) in [6.45, 7) is -0.529. The third kappa shape index (κ3) is 2.62. The van der Waals surface area contributed by atoms with Crippen molar-refractivity contribution in [2.24, 2.45) is 0 Å². The van der Waals surface area contributed by atoms with Crippen molar-refractivity contribution in [2.75, 3.05) is 6.61 Å². The third-order valence-corrected chi connectivity index (χ3v) is 0.830. The van der Waals surface area contributed by atoms with Gasteiger partial charge in [0.05, 0.1) is 0 Å². The van der Waals surface area contributed by atoms with E-state index in [-0.39, 0.29) is 0 Å². The molecular weight excluding hydrogens is 169 g/mol. The van der Waals surface area contributed by atoms with E-state index in [1.807, 2.05) is 0 Å². The summed E-state index contributed by atoms with van der Waals surface area (Å²) in [5, 5.41) is 0. The molecule has 0 aromatic carbocycles. The van der Waals surface area contributed by atoms with Crippen molar-refractivity contribution in [1.82, 2.24) is 0 Å². The number of cyclic esters (lactones) is 2. The third-order valence-electron chi connectivity index (χ3n) is 0.830. The summed E-state index contributed by atoms with van der Waals surface area (Å²) in [6.07, 6.45) is -7.62. The summed E-state index contributed by atoms with van der Waals surface area (Å²) in [7, 11) is 0. The minimum atomic E-state index is -4.81. The van der Waals surface area contributed by atoms with Gasteiger partial charge in [-0.1, -0.05) is 0 Å². The van der Waals surface area contributed by atoms with Crippen LogP contribution in [0.25, 0.3) is 0 Å². The zero-order valence-corrected chi connectivity index (χ0v) is 5.05. The summed E-state index contributed by atoms with van der Waals surface area (Å²) in [6, 6.07) is 0. The Labute approximate surface area is 58.8 Å². The van der Waals surface area contributed by atoms with Crippen molar-refractivity contribution in [3.63, 3.8) is 0 Å². The molecule has 0 saturated carbocycles. The lowest BCUT2D eigenvalue weighted by molar-refractivity contribution is -0.365. The van der Waals surface area contributed by atoms with Crippen molar-refractivity contribution in [3.05, 3.63) is 0 Å². The van der Waals surface area contributed by atoms with E-state index in [1.54, 1.807) is 0 Å². The Kier molecular flexibility index (Phi) is 1.90. The van der Waals surface area contributed by atoms with Crippen LogP contribution in [0, 0.1) is 0 Å². The fourth-order valence-corrected chi connectivity index (χ4v) is 0.519. The molecule has 1 aliphatic rings. The predicted molar refractivity (Wildman–Crippen MR) is 23.4 cm³/mol. The van der Waals surface area contributed by atoms with E-state index >= 15 is 0 Å². The predicted octanol–water partition coefficient (Wildman–Crippen LogP) is 1.02. The zero-order valence-electron chi connectivity index (χ0n) is 5.05. The Morgan fingerprint density at radius 2 is 2.18 bits per heavy atom. The van der Waals surface area contributed by atoms with Crippen LogP contribution < -0.4 is 0 Å². The molecule has 0 unspecified atom stereocenters. The lowest BCUT2D eigenvalue weighted by Gasteiger charge is -2.09. The summed E-state index contributed by atoms with van der Waals surface area (Å²) in [4.78, 5) is 10.0. The van der Waals surface area contributed by atoms with E-state index in [2.05, 4.69) is 14.2 Å². The monoisotopic (exact) mass is 172 g/mol. The maximum Gasteiger partial charge on any atom is 0.525 e. The minimum Gasteiger partial charge on any atom is -0.428 e. The molecule has 0 spiro atoms. The molecule has 0 radical (unpaired) electrons. The normalized spacial score (nSPS) is 24.6. The van der Waals surface area contributed by atoms with Crippen molar-refractivity contribution >= 4 is 6.16 Å². The molecule has 1 saturated heterocycles. The second kappa shape index (κ2) is 2.57. The molecule has 1 rings (SSSR count). The zero-order chi connectivity index (χ0) is 8.48. The maximum atomic E-state index is 11.4. The average molecular weight is 172 g/mol. The van der Waals surface area contributed by atoms with E-state index in [1.165, 1.54) is 0 Å². The Morgan fingerprint density at radius 3 is 2.55 bits per heavy atom. The molecule has 7 heteroatoms. The van der Waals surface area contributed by atoms with Crippen LogP contribution in [0.15, 0.2) is 0 Å². The van der Waals surface area contributed by atoms with Crippen LogP contribution in [0.2, 0.25) is 0 Å². The number of carbonyl (C=O) groups excluding carboxylic acids is 1. The number of hydrogen-bond donors (Lipinski definition) is 0. The summed E-state index contributed by atoms with van der Waals surface area (Å²) < 4.78 is 45.4. The van der Waals surface area contributed by atoms with E-state index < -0.39 is 25.4 Å². The highest BCUT2D eigenvalue weighted by Crippen LogP contribution is 2.21. The molecule has 11 heavy (non-hydrogen) atoms. The van der Waals surface area contributed by atoms with Crippen LogP contribution in [0.5, 0.6) is 0 Å². The van der Waals surface area contributed by atoms with Gasteiger partial charge >= 0.3 is 12.5 Å². The number of carbonyl (C=O) groups is 1. The molecule has 0 aliphatic carbocycles. The summed E-state index contributed by atoms with van der Waals surface area (Å²) in [5.41, 5.74) is 0. The summed E-state index contributed by atoms with van der Waals surface area (Å²) >= 11 is 0. The van der Waals surface area contributed by atoms with Crippen LogP contribution in [-0.4, -0.2) is 25.4 Å². The van der Waals surface area contributed by atoms with Gasteiger partial charge in [0.15, 0.2) is 6.61 Å². The average Bonchev–Trinajstić information content (AvgIpc) is 2.10. The second-order valence-corrected chi connectivity index (χ2v) is 1.67. The largest absolute Gasteiger partial charge is 0.525 e. The van der Waals surface area contributed by atoms with Crippen LogP contribution in [0.3, 0.4) is 0 Å². The molecule has 1 aliphatic heterocycles. The molecule has 64 valence electrons. The van der Waals surface area contributed by atoms with Crippen molar-refractivity contribution < 1.29 is 32.2 Å². The molecule has 0 aromatic heterocycles. The standard InChI is InChI=1S/C4H3F3O4/c5-4(6,7)11-2-1-9-3(8)10-2/h2H,1H2/t2-/m0/s1. The van der Waals surface area contributed by atoms with Gasteiger partial charge in [0.1, 0.15) is 0 Å². The highest BCUT2D eigenvalue weighted by molar-refractivity contribution is 5.61. The van der Waals surface area contributed by atoms with Gasteiger partial charge in [-0.3, -0.25) is 0 Å². The van der Waals surface area contributed by atoms with Gasteiger partial charge in [-0.2, -0.15) is 0 Å². The van der Waals surface area contributed by atoms with Crippen LogP contribution in [-0.2, 0) is 14.2 Å². The first-order chi connectivity index (χ1) is 4.97. The molecule has 1 heterocycles. The Hall–Kier alpha value is -0.980. The highest BCUT2D eigenvalue weighted by Gasteiger charge is 2.38. The number of rotatable bonds is 1. The van der Waals surface area contributed by atoms with E-state index in [9.17, 15) is 18.0 Å². The molecular formula is C4H3F3O4. The van der Waals surface area contributed by atoms with Crippen molar-refractivity contribution in [1.29, 1.82) is 0 Å². The molecule has 4 nitrogen and oxygen atoms in total. The van der Waals surface area contributed by atoms with Crippen LogP contribution in [0.1, 0.15) is 0 Å². The number of hydrogen-bond acceptors (Lipinski definition) is 4. The number of alkyl halides is 3. The topological polar surface area (TPSA) is 44.8 Å². The molecule has 1 fully saturated rings. The van der Waals surface area contributed by atoms with E-state index in [0.29, 0.717) is 0 Å². The van der Waals surface area contributed by atoms with Crippen molar-refractivity contribution in [2.45, 2.75) is 12.7 Å². The SMILES string of the molecule is O=C1OC[C@H](OC(F)(F)F)O1. The van der Waals surface area contributed by atoms with E-state index in [0.717, 1.165) is 0 Å². The van der Waals surface area contributed by atoms with Crippen LogP contribution >= 0.6 is 0 Å². The number of halogens is 3. The highest BCUT2D eigenvalue weighted by atomic mass is 19.4. The van der Waals surface area contributed by atoms with Gasteiger partial charge in [0.25, 0.3) is 0 Å². The fraction of sp³-hybridized carbons (Fsp3) is 0.750. The van der Waals surface area contributed by atoms with Gasteiger partial charge in [0, 0.05) is 0 Å². The lowest BCUT2D eigenvalue weighted by Crippen LogP contribution is -2.25. The first-order valence-corrected chi connectivity index (χ1v) is 2.55. The molecule has 0 bridgehead atoms. The van der Waals surface area contributed by atoms with Gasteiger partial charge in [0.2, 0.25) is 6.29 Å². The van der Waals surface area contributed by atoms with E-state index in [4.69, 9.17) is 0 Å². The maximum absolute atomic E-state index is 11.4. The second-order valence-electron chi connectivity index (χ2n) is 1.67.